The second-order valence-corrected chi connectivity index (χ2v) is 4.99. The third-order valence-corrected chi connectivity index (χ3v) is 3.66. The largest absolute Gasteiger partial charge is 0.393 e. The van der Waals surface area contributed by atoms with Crippen molar-refractivity contribution < 1.29 is 5.11 Å². The quantitative estimate of drug-likeness (QED) is 0.751. The summed E-state index contributed by atoms with van der Waals surface area (Å²) in [7, 11) is 0. The second-order valence-electron chi connectivity index (χ2n) is 3.97. The van der Waals surface area contributed by atoms with E-state index >= 15 is 0 Å². The van der Waals surface area contributed by atoms with E-state index in [1.165, 1.54) is 6.33 Å². The minimum Gasteiger partial charge on any atom is -0.393 e. The van der Waals surface area contributed by atoms with Crippen LogP contribution in [-0.4, -0.2) is 31.0 Å². The van der Waals surface area contributed by atoms with E-state index in [9.17, 15) is 5.11 Å². The summed E-state index contributed by atoms with van der Waals surface area (Å²) in [4.78, 5) is 8.17. The van der Waals surface area contributed by atoms with Gasteiger partial charge in [-0.25, -0.2) is 14.6 Å². The first-order chi connectivity index (χ1) is 7.66. The number of nitrogens with zero attached hydrogens (tertiary/aromatic N) is 4. The molecule has 1 aliphatic rings. The molecule has 2 aromatic heterocycles. The van der Waals surface area contributed by atoms with Crippen LogP contribution in [0.1, 0.15) is 18.9 Å². The number of aliphatic hydroxyl groups is 1. The number of aliphatic hydroxyl groups excluding tert-OH is 1. The zero-order chi connectivity index (χ0) is 11.3. The smallest absolute Gasteiger partial charge is 0.164 e. The second kappa shape index (κ2) is 3.52. The van der Waals surface area contributed by atoms with Gasteiger partial charge in [0, 0.05) is 0 Å². The summed E-state index contributed by atoms with van der Waals surface area (Å²) in [5, 5.41) is 14.5. The SMILES string of the molecule is Nc1ncnc2c1c(I)nn2C1CC(O)C1. The Morgan fingerprint density at radius 3 is 2.88 bits per heavy atom. The van der Waals surface area contributed by atoms with Gasteiger partial charge in [0.2, 0.25) is 0 Å². The van der Waals surface area contributed by atoms with E-state index in [2.05, 4.69) is 37.7 Å². The molecule has 3 rings (SSSR count). The van der Waals surface area contributed by atoms with E-state index in [0.29, 0.717) is 5.82 Å². The van der Waals surface area contributed by atoms with E-state index in [4.69, 9.17) is 5.73 Å². The molecule has 0 spiro atoms. The Hall–Kier alpha value is -0.960. The number of hydrogen-bond donors (Lipinski definition) is 2. The summed E-state index contributed by atoms with van der Waals surface area (Å²) >= 11 is 2.13. The van der Waals surface area contributed by atoms with Gasteiger partial charge in [-0.1, -0.05) is 0 Å². The van der Waals surface area contributed by atoms with Crippen molar-refractivity contribution in [2.75, 3.05) is 5.73 Å². The first-order valence-electron chi connectivity index (χ1n) is 4.99. The van der Waals surface area contributed by atoms with Crippen molar-refractivity contribution in [3.63, 3.8) is 0 Å². The summed E-state index contributed by atoms with van der Waals surface area (Å²) < 4.78 is 2.66. The molecule has 2 aromatic rings. The molecule has 6 nitrogen and oxygen atoms in total. The number of halogens is 1. The Morgan fingerprint density at radius 2 is 2.19 bits per heavy atom. The van der Waals surface area contributed by atoms with Gasteiger partial charge >= 0.3 is 0 Å². The highest BCUT2D eigenvalue weighted by Crippen LogP contribution is 2.35. The molecule has 0 aromatic carbocycles. The number of rotatable bonds is 1. The lowest BCUT2D eigenvalue weighted by atomic mass is 9.90. The monoisotopic (exact) mass is 331 g/mol. The fourth-order valence-corrected chi connectivity index (χ4v) is 2.72. The van der Waals surface area contributed by atoms with Crippen molar-refractivity contribution >= 4 is 39.4 Å². The van der Waals surface area contributed by atoms with Crippen LogP contribution in [0.15, 0.2) is 6.33 Å². The van der Waals surface area contributed by atoms with Crippen molar-refractivity contribution in [1.29, 1.82) is 0 Å². The number of nitrogens with two attached hydrogens (primary N) is 1. The highest BCUT2D eigenvalue weighted by atomic mass is 127. The zero-order valence-corrected chi connectivity index (χ0v) is 10.5. The molecule has 7 heteroatoms. The molecular formula is C9H10IN5O. The summed E-state index contributed by atoms with van der Waals surface area (Å²) in [5.41, 5.74) is 6.56. The minimum absolute atomic E-state index is 0.207. The summed E-state index contributed by atoms with van der Waals surface area (Å²) in [6, 6.07) is 0.232. The molecule has 2 heterocycles. The standard InChI is InChI=1S/C9H10IN5O/c10-7-6-8(11)12-3-13-9(6)15(14-7)4-1-5(16)2-4/h3-5,16H,1-2H2,(H2,11,12,13). The van der Waals surface area contributed by atoms with Crippen LogP contribution in [0, 0.1) is 3.70 Å². The van der Waals surface area contributed by atoms with Crippen LogP contribution in [-0.2, 0) is 0 Å². The number of anilines is 1. The van der Waals surface area contributed by atoms with Gasteiger partial charge in [0.05, 0.1) is 17.5 Å². The molecule has 0 saturated heterocycles. The highest BCUT2D eigenvalue weighted by Gasteiger charge is 2.31. The van der Waals surface area contributed by atoms with E-state index < -0.39 is 0 Å². The van der Waals surface area contributed by atoms with Gasteiger partial charge in [0.1, 0.15) is 15.8 Å². The Balaban J connectivity index is 2.16. The molecule has 0 atom stereocenters. The number of hydrogen-bond acceptors (Lipinski definition) is 5. The van der Waals surface area contributed by atoms with Gasteiger partial charge in [-0.15, -0.1) is 0 Å². The van der Waals surface area contributed by atoms with Gasteiger partial charge < -0.3 is 10.8 Å². The van der Waals surface area contributed by atoms with Crippen LogP contribution in [0.25, 0.3) is 11.0 Å². The van der Waals surface area contributed by atoms with Crippen molar-refractivity contribution in [2.24, 2.45) is 0 Å². The predicted octanol–water partition coefficient (Wildman–Crippen LogP) is 0.709. The lowest BCUT2D eigenvalue weighted by Crippen LogP contribution is -2.31. The van der Waals surface area contributed by atoms with Crippen LogP contribution < -0.4 is 5.73 Å². The lowest BCUT2D eigenvalue weighted by Gasteiger charge is -2.31. The van der Waals surface area contributed by atoms with Gasteiger partial charge in [-0.2, -0.15) is 5.10 Å². The van der Waals surface area contributed by atoms with E-state index in [0.717, 1.165) is 27.6 Å². The number of aromatic nitrogens is 4. The summed E-state index contributed by atoms with van der Waals surface area (Å²) in [5.74, 6) is 0.459. The molecule has 1 aliphatic carbocycles. The maximum Gasteiger partial charge on any atom is 0.164 e. The molecule has 0 aliphatic heterocycles. The van der Waals surface area contributed by atoms with Crippen LogP contribution >= 0.6 is 22.6 Å². The first-order valence-corrected chi connectivity index (χ1v) is 6.07. The molecule has 1 fully saturated rings. The van der Waals surface area contributed by atoms with Crippen molar-refractivity contribution in [3.05, 3.63) is 10.0 Å². The van der Waals surface area contributed by atoms with E-state index in [1.54, 1.807) is 0 Å². The van der Waals surface area contributed by atoms with E-state index in [1.807, 2.05) is 4.68 Å². The Kier molecular flexibility index (Phi) is 2.25. The van der Waals surface area contributed by atoms with Crippen molar-refractivity contribution in [3.8, 4) is 0 Å². The maximum absolute atomic E-state index is 9.31. The van der Waals surface area contributed by atoms with Gasteiger partial charge in [0.25, 0.3) is 0 Å². The van der Waals surface area contributed by atoms with Crippen LogP contribution in [0.4, 0.5) is 5.82 Å². The number of nitrogen functional groups attached to an aromatic ring is 1. The van der Waals surface area contributed by atoms with Crippen molar-refractivity contribution in [2.45, 2.75) is 25.0 Å². The third kappa shape index (κ3) is 1.38. The topological polar surface area (TPSA) is 89.9 Å². The first kappa shape index (κ1) is 10.2. The molecule has 84 valence electrons. The normalized spacial score (nSPS) is 24.6. The van der Waals surface area contributed by atoms with Crippen LogP contribution in [0.5, 0.6) is 0 Å². The molecule has 1 saturated carbocycles. The van der Waals surface area contributed by atoms with Gasteiger partial charge in [-0.05, 0) is 35.4 Å². The van der Waals surface area contributed by atoms with Crippen LogP contribution in [0.3, 0.4) is 0 Å². The Labute approximate surface area is 105 Å². The molecule has 0 bridgehead atoms. The summed E-state index contributed by atoms with van der Waals surface area (Å²) in [6.07, 6.45) is 2.70. The van der Waals surface area contributed by atoms with E-state index in [-0.39, 0.29) is 12.1 Å². The summed E-state index contributed by atoms with van der Waals surface area (Å²) in [6.45, 7) is 0. The molecule has 16 heavy (non-hydrogen) atoms. The lowest BCUT2D eigenvalue weighted by molar-refractivity contribution is 0.0449. The average molecular weight is 331 g/mol. The van der Waals surface area contributed by atoms with Gasteiger partial charge in [-0.3, -0.25) is 0 Å². The molecule has 0 radical (unpaired) electrons. The molecule has 0 amide bonds. The minimum atomic E-state index is -0.207. The fraction of sp³-hybridized carbons (Fsp3) is 0.444. The zero-order valence-electron chi connectivity index (χ0n) is 8.34. The molecule has 3 N–H and O–H groups in total. The fourth-order valence-electron chi connectivity index (χ4n) is 1.97. The van der Waals surface area contributed by atoms with Crippen LogP contribution in [0.2, 0.25) is 0 Å². The molecule has 0 unspecified atom stereocenters. The highest BCUT2D eigenvalue weighted by molar-refractivity contribution is 14.1. The Bertz CT molecular complexity index is 548. The van der Waals surface area contributed by atoms with Gasteiger partial charge in [0.15, 0.2) is 5.65 Å². The molecular weight excluding hydrogens is 321 g/mol. The average Bonchev–Trinajstić information content (AvgIpc) is 2.53. The predicted molar refractivity (Wildman–Crippen MR) is 66.7 cm³/mol. The Morgan fingerprint density at radius 1 is 1.44 bits per heavy atom. The third-order valence-electron chi connectivity index (χ3n) is 2.91. The maximum atomic E-state index is 9.31. The van der Waals surface area contributed by atoms with Crippen molar-refractivity contribution in [1.82, 2.24) is 19.7 Å². The number of fused-ring (bicyclic) bond motifs is 1.